The second kappa shape index (κ2) is 4.07. The molecule has 1 heterocycles. The zero-order valence-electron chi connectivity index (χ0n) is 9.41. The van der Waals surface area contributed by atoms with Crippen LogP contribution in [0.1, 0.15) is 19.4 Å². The van der Waals surface area contributed by atoms with Crippen molar-refractivity contribution in [2.24, 2.45) is 0 Å². The molecule has 3 nitrogen and oxygen atoms in total. The van der Waals surface area contributed by atoms with Gasteiger partial charge in [0.2, 0.25) is 0 Å². The van der Waals surface area contributed by atoms with E-state index in [0.717, 1.165) is 11.3 Å². The van der Waals surface area contributed by atoms with Crippen LogP contribution in [0.4, 0.5) is 0 Å². The van der Waals surface area contributed by atoms with Gasteiger partial charge in [-0.25, -0.2) is 0 Å². The normalized spacial score (nSPS) is 13.9. The van der Waals surface area contributed by atoms with Gasteiger partial charge in [-0.1, -0.05) is 11.8 Å². The third-order valence-corrected chi connectivity index (χ3v) is 2.05. The topological polar surface area (TPSA) is 38.7 Å². The third-order valence-electron chi connectivity index (χ3n) is 2.05. The highest BCUT2D eigenvalue weighted by molar-refractivity contribution is 5.49. The molecule has 1 aromatic carbocycles. The van der Waals surface area contributed by atoms with Crippen molar-refractivity contribution in [1.29, 1.82) is 0 Å². The van der Waals surface area contributed by atoms with Crippen LogP contribution in [0.5, 0.6) is 11.5 Å². The van der Waals surface area contributed by atoms with E-state index < -0.39 is 5.60 Å². The predicted octanol–water partition coefficient (Wildman–Crippen LogP) is 1.58. The van der Waals surface area contributed by atoms with Crippen LogP contribution in [0.3, 0.4) is 0 Å². The summed E-state index contributed by atoms with van der Waals surface area (Å²) < 4.78 is 10.8. The van der Waals surface area contributed by atoms with Crippen molar-refractivity contribution >= 4 is 0 Å². The maximum absolute atomic E-state index is 9.49. The van der Waals surface area contributed by atoms with Crippen molar-refractivity contribution in [2.45, 2.75) is 19.4 Å². The fraction of sp³-hybridized carbons (Fsp3) is 0.385. The summed E-state index contributed by atoms with van der Waals surface area (Å²) in [6.45, 7) is 4.45. The van der Waals surface area contributed by atoms with E-state index in [1.165, 1.54) is 0 Å². The maximum Gasteiger partial charge on any atom is 0.162 e. The van der Waals surface area contributed by atoms with E-state index in [0.29, 0.717) is 19.0 Å². The lowest BCUT2D eigenvalue weighted by Gasteiger charge is -2.18. The molecule has 0 unspecified atom stereocenters. The Morgan fingerprint density at radius 3 is 2.56 bits per heavy atom. The second-order valence-electron chi connectivity index (χ2n) is 4.17. The number of ether oxygens (including phenoxy) is 2. The number of benzene rings is 1. The largest absolute Gasteiger partial charge is 0.486 e. The summed E-state index contributed by atoms with van der Waals surface area (Å²) in [7, 11) is 0. The van der Waals surface area contributed by atoms with Crippen LogP contribution in [0.2, 0.25) is 0 Å². The van der Waals surface area contributed by atoms with Gasteiger partial charge in [0.25, 0.3) is 0 Å². The Balaban J connectivity index is 2.26. The monoisotopic (exact) mass is 218 g/mol. The summed E-state index contributed by atoms with van der Waals surface area (Å²) in [6, 6.07) is 5.52. The van der Waals surface area contributed by atoms with Crippen LogP contribution in [-0.2, 0) is 0 Å². The van der Waals surface area contributed by atoms with Crippen molar-refractivity contribution in [3.63, 3.8) is 0 Å². The Kier molecular flexibility index (Phi) is 2.76. The van der Waals surface area contributed by atoms with Gasteiger partial charge in [-0.15, -0.1) is 0 Å². The van der Waals surface area contributed by atoms with Crippen LogP contribution in [0.25, 0.3) is 0 Å². The first-order valence-corrected chi connectivity index (χ1v) is 5.20. The van der Waals surface area contributed by atoms with Crippen molar-refractivity contribution in [3.8, 4) is 23.3 Å². The van der Waals surface area contributed by atoms with Crippen molar-refractivity contribution in [3.05, 3.63) is 23.8 Å². The lowest BCUT2D eigenvalue weighted by Crippen LogP contribution is -2.15. The standard InChI is InChI=1S/C13H14O3/c1-13(2,14)6-5-10-3-4-11-12(9-10)16-8-7-15-11/h3-4,9,14H,7-8H2,1-2H3. The van der Waals surface area contributed by atoms with Gasteiger partial charge >= 0.3 is 0 Å². The minimum absolute atomic E-state index is 0.565. The molecule has 0 aromatic heterocycles. The molecule has 0 saturated carbocycles. The Labute approximate surface area is 95.0 Å². The number of hydrogen-bond acceptors (Lipinski definition) is 3. The summed E-state index contributed by atoms with van der Waals surface area (Å²) >= 11 is 0. The van der Waals surface area contributed by atoms with Crippen LogP contribution in [-0.4, -0.2) is 23.9 Å². The molecule has 0 amide bonds. The van der Waals surface area contributed by atoms with Crippen LogP contribution in [0, 0.1) is 11.8 Å². The highest BCUT2D eigenvalue weighted by atomic mass is 16.6. The van der Waals surface area contributed by atoms with Gasteiger partial charge in [0.15, 0.2) is 11.5 Å². The van der Waals surface area contributed by atoms with Crippen LogP contribution in [0.15, 0.2) is 18.2 Å². The van der Waals surface area contributed by atoms with Crippen molar-refractivity contribution in [2.75, 3.05) is 13.2 Å². The Bertz CT molecular complexity index is 446. The van der Waals surface area contributed by atoms with Crippen molar-refractivity contribution < 1.29 is 14.6 Å². The zero-order valence-corrected chi connectivity index (χ0v) is 9.41. The Hall–Kier alpha value is -1.66. The highest BCUT2D eigenvalue weighted by Crippen LogP contribution is 2.30. The quantitative estimate of drug-likeness (QED) is 0.672. The van der Waals surface area contributed by atoms with E-state index in [2.05, 4.69) is 11.8 Å². The van der Waals surface area contributed by atoms with E-state index >= 15 is 0 Å². The maximum atomic E-state index is 9.49. The molecular weight excluding hydrogens is 204 g/mol. The zero-order chi connectivity index (χ0) is 11.6. The SMILES string of the molecule is CC(C)(O)C#Cc1ccc2c(c1)OCCO2. The minimum Gasteiger partial charge on any atom is -0.486 e. The first kappa shape index (κ1) is 10.8. The smallest absolute Gasteiger partial charge is 0.162 e. The van der Waals surface area contributed by atoms with Gasteiger partial charge in [0.1, 0.15) is 18.8 Å². The Morgan fingerprint density at radius 2 is 1.88 bits per heavy atom. The first-order chi connectivity index (χ1) is 7.54. The predicted molar refractivity (Wildman–Crippen MR) is 60.6 cm³/mol. The molecule has 0 aliphatic carbocycles. The average molecular weight is 218 g/mol. The summed E-state index contributed by atoms with van der Waals surface area (Å²) in [6.07, 6.45) is 0. The van der Waals surface area contributed by atoms with E-state index in [1.54, 1.807) is 13.8 Å². The molecule has 2 rings (SSSR count). The molecule has 0 atom stereocenters. The molecule has 1 aliphatic rings. The molecule has 16 heavy (non-hydrogen) atoms. The molecule has 1 aromatic rings. The van der Waals surface area contributed by atoms with E-state index in [9.17, 15) is 5.11 Å². The van der Waals surface area contributed by atoms with E-state index in [1.807, 2.05) is 18.2 Å². The van der Waals surface area contributed by atoms with Gasteiger partial charge in [0.05, 0.1) is 0 Å². The fourth-order valence-corrected chi connectivity index (χ4v) is 1.35. The number of fused-ring (bicyclic) bond motifs is 1. The number of hydrogen-bond donors (Lipinski definition) is 1. The number of rotatable bonds is 0. The molecule has 84 valence electrons. The van der Waals surface area contributed by atoms with Crippen molar-refractivity contribution in [1.82, 2.24) is 0 Å². The summed E-state index contributed by atoms with van der Waals surface area (Å²) in [5.74, 6) is 7.12. The molecule has 0 radical (unpaired) electrons. The lowest BCUT2D eigenvalue weighted by atomic mass is 10.1. The van der Waals surface area contributed by atoms with Gasteiger partial charge < -0.3 is 14.6 Å². The molecule has 0 spiro atoms. The van der Waals surface area contributed by atoms with E-state index in [4.69, 9.17) is 9.47 Å². The number of aliphatic hydroxyl groups is 1. The van der Waals surface area contributed by atoms with Gasteiger partial charge in [-0.3, -0.25) is 0 Å². The highest BCUT2D eigenvalue weighted by Gasteiger charge is 2.11. The second-order valence-corrected chi connectivity index (χ2v) is 4.17. The van der Waals surface area contributed by atoms with Gasteiger partial charge in [-0.2, -0.15) is 0 Å². The fourth-order valence-electron chi connectivity index (χ4n) is 1.35. The van der Waals surface area contributed by atoms with Gasteiger partial charge in [0, 0.05) is 5.56 Å². The molecule has 1 N–H and O–H groups in total. The molecule has 3 heteroatoms. The van der Waals surface area contributed by atoms with Gasteiger partial charge in [-0.05, 0) is 32.0 Å². The molecular formula is C13H14O3. The molecule has 0 saturated heterocycles. The average Bonchev–Trinajstić information content (AvgIpc) is 2.25. The third kappa shape index (κ3) is 2.68. The van der Waals surface area contributed by atoms with Crippen LogP contribution < -0.4 is 9.47 Å². The summed E-state index contributed by atoms with van der Waals surface area (Å²) in [4.78, 5) is 0. The lowest BCUT2D eigenvalue weighted by molar-refractivity contribution is 0.143. The molecule has 1 aliphatic heterocycles. The summed E-state index contributed by atoms with van der Waals surface area (Å²) in [5, 5.41) is 9.49. The minimum atomic E-state index is -0.979. The van der Waals surface area contributed by atoms with Crippen LogP contribution >= 0.6 is 0 Å². The van der Waals surface area contributed by atoms with E-state index in [-0.39, 0.29) is 0 Å². The first-order valence-electron chi connectivity index (χ1n) is 5.20. The molecule has 0 fully saturated rings. The summed E-state index contributed by atoms with van der Waals surface area (Å²) in [5.41, 5.74) is -0.167. The Morgan fingerprint density at radius 1 is 1.19 bits per heavy atom. The molecule has 0 bridgehead atoms.